The fourth-order valence-electron chi connectivity index (χ4n) is 1.32. The van der Waals surface area contributed by atoms with E-state index in [4.69, 9.17) is 0 Å². The number of likely N-dealkylation sites (N-methyl/N-ethyl adjacent to an activating group) is 1. The van der Waals surface area contributed by atoms with Gasteiger partial charge in [0, 0.05) is 32.4 Å². The Balaban J connectivity index is 2.00. The summed E-state index contributed by atoms with van der Waals surface area (Å²) in [5.41, 5.74) is 0.845. The number of imidazole rings is 1. The van der Waals surface area contributed by atoms with Crippen LogP contribution in [0.25, 0.3) is 6.08 Å². The lowest BCUT2D eigenvalue weighted by molar-refractivity contribution is -0.123. The first-order chi connectivity index (χ1) is 7.16. The van der Waals surface area contributed by atoms with E-state index in [0.29, 0.717) is 6.04 Å². The van der Waals surface area contributed by atoms with E-state index in [9.17, 15) is 4.79 Å². The quantitative estimate of drug-likeness (QED) is 0.698. The van der Waals surface area contributed by atoms with Crippen LogP contribution in [0.4, 0.5) is 0 Å². The Morgan fingerprint density at radius 3 is 2.93 bits per heavy atom. The molecule has 1 aromatic heterocycles. The van der Waals surface area contributed by atoms with Gasteiger partial charge in [-0.25, -0.2) is 4.98 Å². The lowest BCUT2D eigenvalue weighted by atomic mass is 10.4. The normalized spacial score (nSPS) is 15.9. The van der Waals surface area contributed by atoms with Crippen LogP contribution in [0.2, 0.25) is 0 Å². The van der Waals surface area contributed by atoms with Crippen molar-refractivity contribution in [3.63, 3.8) is 0 Å². The van der Waals surface area contributed by atoms with Gasteiger partial charge in [0.1, 0.15) is 0 Å². The number of hydrogen-bond acceptors (Lipinski definition) is 2. The van der Waals surface area contributed by atoms with Gasteiger partial charge in [-0.3, -0.25) is 4.79 Å². The molecule has 0 saturated heterocycles. The fraction of sp³-hybridized carbons (Fsp3) is 0.455. The first kappa shape index (κ1) is 9.96. The molecule has 1 aromatic rings. The Labute approximate surface area is 89.2 Å². The van der Waals surface area contributed by atoms with Gasteiger partial charge >= 0.3 is 0 Å². The smallest absolute Gasteiger partial charge is 0.246 e. The molecule has 0 unspecified atom stereocenters. The highest BCUT2D eigenvalue weighted by Crippen LogP contribution is 2.34. The van der Waals surface area contributed by atoms with Crippen LogP contribution in [0.1, 0.15) is 24.6 Å². The summed E-state index contributed by atoms with van der Waals surface area (Å²) in [5, 5.41) is 0. The molecule has 0 aliphatic heterocycles. The van der Waals surface area contributed by atoms with Crippen molar-refractivity contribution < 1.29 is 4.79 Å². The van der Waals surface area contributed by atoms with Crippen LogP contribution in [0.5, 0.6) is 0 Å². The van der Waals surface area contributed by atoms with Crippen molar-refractivity contribution in [3.05, 3.63) is 24.3 Å². The Kier molecular flexibility index (Phi) is 2.58. The van der Waals surface area contributed by atoms with Gasteiger partial charge in [-0.05, 0) is 18.9 Å². The van der Waals surface area contributed by atoms with Crippen LogP contribution in [-0.2, 0) is 4.79 Å². The number of rotatable bonds is 3. The zero-order chi connectivity index (χ0) is 10.8. The molecule has 1 amide bonds. The van der Waals surface area contributed by atoms with Crippen molar-refractivity contribution in [1.82, 2.24) is 14.5 Å². The zero-order valence-electron chi connectivity index (χ0n) is 9.05. The van der Waals surface area contributed by atoms with Crippen molar-refractivity contribution in [2.45, 2.75) is 18.9 Å². The molecule has 1 aliphatic rings. The van der Waals surface area contributed by atoms with Gasteiger partial charge in [-0.2, -0.15) is 0 Å². The van der Waals surface area contributed by atoms with Crippen molar-refractivity contribution in [2.24, 2.45) is 0 Å². The predicted molar refractivity (Wildman–Crippen MR) is 58.2 cm³/mol. The van der Waals surface area contributed by atoms with Crippen LogP contribution in [0.15, 0.2) is 18.6 Å². The molecule has 2 rings (SSSR count). The topological polar surface area (TPSA) is 38.1 Å². The van der Waals surface area contributed by atoms with Crippen molar-refractivity contribution in [1.29, 1.82) is 0 Å². The van der Waals surface area contributed by atoms with Gasteiger partial charge in [0.25, 0.3) is 0 Å². The van der Waals surface area contributed by atoms with E-state index in [0.717, 1.165) is 5.69 Å². The van der Waals surface area contributed by atoms with E-state index < -0.39 is 0 Å². The highest BCUT2D eigenvalue weighted by Gasteiger charge is 2.22. The molecule has 0 N–H and O–H groups in total. The van der Waals surface area contributed by atoms with Gasteiger partial charge < -0.3 is 9.47 Å². The number of aromatic nitrogens is 2. The summed E-state index contributed by atoms with van der Waals surface area (Å²) in [4.78, 5) is 17.0. The Bertz CT molecular complexity index is 388. The summed E-state index contributed by atoms with van der Waals surface area (Å²) < 4.78 is 2.11. The standard InChI is InChI=1S/C11H15N3O/c1-13(2)11(15)6-3-9-7-14(8-12-9)10-4-5-10/h3,6-8,10H,4-5H2,1-2H3. The van der Waals surface area contributed by atoms with Crippen molar-refractivity contribution >= 4 is 12.0 Å². The second-order valence-corrected chi connectivity index (χ2v) is 4.04. The molecule has 80 valence electrons. The molecular weight excluding hydrogens is 190 g/mol. The highest BCUT2D eigenvalue weighted by molar-refractivity contribution is 5.91. The summed E-state index contributed by atoms with van der Waals surface area (Å²) in [6, 6.07) is 0.643. The maximum Gasteiger partial charge on any atom is 0.246 e. The third-order valence-electron chi connectivity index (χ3n) is 2.43. The molecule has 4 nitrogen and oxygen atoms in total. The summed E-state index contributed by atoms with van der Waals surface area (Å²) in [5.74, 6) is -0.0176. The van der Waals surface area contributed by atoms with Crippen LogP contribution < -0.4 is 0 Å². The van der Waals surface area contributed by atoms with Gasteiger partial charge in [0.2, 0.25) is 5.91 Å². The molecule has 1 saturated carbocycles. The summed E-state index contributed by atoms with van der Waals surface area (Å²) in [6.45, 7) is 0. The molecule has 1 aliphatic carbocycles. The largest absolute Gasteiger partial charge is 0.345 e. The number of amides is 1. The Hall–Kier alpha value is -1.58. The van der Waals surface area contributed by atoms with Crippen LogP contribution in [-0.4, -0.2) is 34.5 Å². The van der Waals surface area contributed by atoms with Crippen molar-refractivity contribution in [3.8, 4) is 0 Å². The van der Waals surface area contributed by atoms with Gasteiger partial charge in [-0.15, -0.1) is 0 Å². The van der Waals surface area contributed by atoms with E-state index in [1.165, 1.54) is 17.7 Å². The minimum absolute atomic E-state index is 0.0176. The molecule has 1 heterocycles. The third kappa shape index (κ3) is 2.46. The second-order valence-electron chi connectivity index (χ2n) is 4.04. The number of carbonyl (C=O) groups excluding carboxylic acids is 1. The second kappa shape index (κ2) is 3.88. The summed E-state index contributed by atoms with van der Waals surface area (Å²) in [7, 11) is 3.46. The minimum Gasteiger partial charge on any atom is -0.345 e. The van der Waals surface area contributed by atoms with E-state index >= 15 is 0 Å². The number of nitrogens with zero attached hydrogens (tertiary/aromatic N) is 3. The Morgan fingerprint density at radius 2 is 2.33 bits per heavy atom. The van der Waals surface area contributed by atoms with Gasteiger partial charge in [0.05, 0.1) is 12.0 Å². The fourth-order valence-corrected chi connectivity index (χ4v) is 1.32. The van der Waals surface area contributed by atoms with Gasteiger partial charge in [-0.1, -0.05) is 0 Å². The SMILES string of the molecule is CN(C)C(=O)C=Cc1cn(C2CC2)cn1. The van der Waals surface area contributed by atoms with E-state index in [1.54, 1.807) is 26.2 Å². The monoisotopic (exact) mass is 205 g/mol. The average Bonchev–Trinajstić information content (AvgIpc) is 2.95. The summed E-state index contributed by atoms with van der Waals surface area (Å²) in [6.07, 6.45) is 9.60. The molecule has 0 bridgehead atoms. The summed E-state index contributed by atoms with van der Waals surface area (Å²) >= 11 is 0. The first-order valence-electron chi connectivity index (χ1n) is 5.09. The molecule has 15 heavy (non-hydrogen) atoms. The lowest BCUT2D eigenvalue weighted by Crippen LogP contribution is -2.18. The third-order valence-corrected chi connectivity index (χ3v) is 2.43. The molecule has 0 atom stereocenters. The Morgan fingerprint density at radius 1 is 1.60 bits per heavy atom. The van der Waals surface area contributed by atoms with E-state index in [1.807, 2.05) is 12.5 Å². The lowest BCUT2D eigenvalue weighted by Gasteiger charge is -2.04. The minimum atomic E-state index is -0.0176. The van der Waals surface area contributed by atoms with Crippen molar-refractivity contribution in [2.75, 3.05) is 14.1 Å². The first-order valence-corrected chi connectivity index (χ1v) is 5.09. The number of carbonyl (C=O) groups is 1. The molecule has 0 radical (unpaired) electrons. The van der Waals surface area contributed by atoms with Crippen LogP contribution in [0, 0.1) is 0 Å². The molecule has 1 fully saturated rings. The van der Waals surface area contributed by atoms with E-state index in [-0.39, 0.29) is 5.91 Å². The molecule has 0 spiro atoms. The molecule has 4 heteroatoms. The number of hydrogen-bond donors (Lipinski definition) is 0. The average molecular weight is 205 g/mol. The molecular formula is C11H15N3O. The highest BCUT2D eigenvalue weighted by atomic mass is 16.2. The van der Waals surface area contributed by atoms with Gasteiger partial charge in [0.15, 0.2) is 0 Å². The van der Waals surface area contributed by atoms with Crippen LogP contribution in [0.3, 0.4) is 0 Å². The maximum atomic E-state index is 11.3. The predicted octanol–water partition coefficient (Wildman–Crippen LogP) is 1.32. The van der Waals surface area contributed by atoms with Crippen LogP contribution >= 0.6 is 0 Å². The zero-order valence-corrected chi connectivity index (χ0v) is 9.05. The van der Waals surface area contributed by atoms with E-state index in [2.05, 4.69) is 9.55 Å². The molecule has 0 aromatic carbocycles. The maximum absolute atomic E-state index is 11.3.